The molecule has 1 heterocycles. The van der Waals surface area contributed by atoms with Crippen molar-refractivity contribution in [1.29, 1.82) is 0 Å². The van der Waals surface area contributed by atoms with Crippen LogP contribution in [0.15, 0.2) is 0 Å². The second kappa shape index (κ2) is 3.31. The first-order valence-corrected chi connectivity index (χ1v) is 4.28. The number of likely N-dealkylation sites (tertiary alicyclic amines) is 1. The van der Waals surface area contributed by atoms with E-state index in [-0.39, 0.29) is 11.4 Å². The smallest absolute Gasteiger partial charge is 0.317 e. The molecular weight excluding hydrogens is 154 g/mol. The number of urea groups is 1. The van der Waals surface area contributed by atoms with Gasteiger partial charge in [0, 0.05) is 20.1 Å². The van der Waals surface area contributed by atoms with E-state index in [4.69, 9.17) is 5.73 Å². The number of rotatable bonds is 1. The fourth-order valence-electron chi connectivity index (χ4n) is 1.52. The van der Waals surface area contributed by atoms with E-state index in [9.17, 15) is 4.79 Å². The van der Waals surface area contributed by atoms with Crippen molar-refractivity contribution in [3.63, 3.8) is 0 Å². The van der Waals surface area contributed by atoms with E-state index in [0.29, 0.717) is 6.54 Å². The Balaban J connectivity index is 2.50. The summed E-state index contributed by atoms with van der Waals surface area (Å²) in [4.78, 5) is 13.0. The van der Waals surface area contributed by atoms with Crippen LogP contribution in [0.5, 0.6) is 0 Å². The molecule has 1 aliphatic rings. The number of nitrogens with zero attached hydrogens (tertiary/aromatic N) is 1. The molecule has 0 aromatic rings. The summed E-state index contributed by atoms with van der Waals surface area (Å²) in [5, 5.41) is 2.61. The third-order valence-electron chi connectivity index (χ3n) is 2.55. The molecule has 1 saturated heterocycles. The SMILES string of the molecule is CNC(=O)N1CCC(C)(CN)C1. The molecule has 0 spiro atoms. The molecular formula is C8H17N3O. The average molecular weight is 171 g/mol. The van der Waals surface area contributed by atoms with Gasteiger partial charge < -0.3 is 16.0 Å². The zero-order valence-corrected chi connectivity index (χ0v) is 7.76. The van der Waals surface area contributed by atoms with Gasteiger partial charge in [0.2, 0.25) is 0 Å². The maximum absolute atomic E-state index is 11.2. The molecule has 70 valence electrons. The van der Waals surface area contributed by atoms with Crippen LogP contribution in [0.1, 0.15) is 13.3 Å². The van der Waals surface area contributed by atoms with E-state index in [1.807, 2.05) is 4.90 Å². The largest absolute Gasteiger partial charge is 0.341 e. The Morgan fingerprint density at radius 3 is 2.83 bits per heavy atom. The third-order valence-corrected chi connectivity index (χ3v) is 2.55. The summed E-state index contributed by atoms with van der Waals surface area (Å²) in [7, 11) is 1.65. The number of nitrogens with one attached hydrogen (secondary N) is 1. The van der Waals surface area contributed by atoms with E-state index in [0.717, 1.165) is 19.5 Å². The maximum atomic E-state index is 11.2. The Hall–Kier alpha value is -0.770. The lowest BCUT2D eigenvalue weighted by Crippen LogP contribution is -2.39. The van der Waals surface area contributed by atoms with Gasteiger partial charge in [0.15, 0.2) is 0 Å². The molecule has 0 radical (unpaired) electrons. The number of hydrogen-bond acceptors (Lipinski definition) is 2. The molecule has 1 fully saturated rings. The molecule has 1 unspecified atom stereocenters. The molecule has 12 heavy (non-hydrogen) atoms. The number of carbonyl (C=O) groups is 1. The number of amides is 2. The molecule has 4 nitrogen and oxygen atoms in total. The molecule has 4 heteroatoms. The van der Waals surface area contributed by atoms with Crippen LogP contribution in [-0.2, 0) is 0 Å². The Morgan fingerprint density at radius 1 is 1.75 bits per heavy atom. The van der Waals surface area contributed by atoms with E-state index in [2.05, 4.69) is 12.2 Å². The predicted molar refractivity (Wildman–Crippen MR) is 47.8 cm³/mol. The summed E-state index contributed by atoms with van der Waals surface area (Å²) >= 11 is 0. The predicted octanol–water partition coefficient (Wildman–Crippen LogP) is -0.00350. The molecule has 1 aliphatic heterocycles. The van der Waals surface area contributed by atoms with Gasteiger partial charge in [-0.1, -0.05) is 6.92 Å². The van der Waals surface area contributed by atoms with Gasteiger partial charge in [0.1, 0.15) is 0 Å². The minimum absolute atomic E-state index is 0.00664. The monoisotopic (exact) mass is 171 g/mol. The van der Waals surface area contributed by atoms with Gasteiger partial charge in [0.25, 0.3) is 0 Å². The lowest BCUT2D eigenvalue weighted by atomic mass is 9.90. The highest BCUT2D eigenvalue weighted by molar-refractivity contribution is 5.74. The topological polar surface area (TPSA) is 58.4 Å². The summed E-state index contributed by atoms with van der Waals surface area (Å²) < 4.78 is 0. The second-order valence-corrected chi connectivity index (χ2v) is 3.74. The van der Waals surface area contributed by atoms with Crippen molar-refractivity contribution < 1.29 is 4.79 Å². The molecule has 2 amide bonds. The van der Waals surface area contributed by atoms with Crippen molar-refractivity contribution in [1.82, 2.24) is 10.2 Å². The van der Waals surface area contributed by atoms with Crippen LogP contribution in [0.2, 0.25) is 0 Å². The molecule has 0 saturated carbocycles. The molecule has 0 bridgehead atoms. The zero-order valence-electron chi connectivity index (χ0n) is 7.76. The van der Waals surface area contributed by atoms with Gasteiger partial charge >= 0.3 is 6.03 Å². The molecule has 0 aliphatic carbocycles. The number of nitrogens with two attached hydrogens (primary N) is 1. The Morgan fingerprint density at radius 2 is 2.42 bits per heavy atom. The van der Waals surface area contributed by atoms with Crippen LogP contribution in [0, 0.1) is 5.41 Å². The Kier molecular flexibility index (Phi) is 2.57. The van der Waals surface area contributed by atoms with Crippen molar-refractivity contribution in [3.05, 3.63) is 0 Å². The summed E-state index contributed by atoms with van der Waals surface area (Å²) in [6.07, 6.45) is 1.01. The van der Waals surface area contributed by atoms with Crippen molar-refractivity contribution in [2.45, 2.75) is 13.3 Å². The molecule has 1 atom stereocenters. The van der Waals surface area contributed by atoms with Crippen molar-refractivity contribution in [2.75, 3.05) is 26.7 Å². The standard InChI is InChI=1S/C8H17N3O/c1-8(5-9)3-4-11(6-8)7(12)10-2/h3-6,9H2,1-2H3,(H,10,12). The fraction of sp³-hybridized carbons (Fsp3) is 0.875. The molecule has 0 aromatic heterocycles. The normalized spacial score (nSPS) is 29.1. The Labute approximate surface area is 73.1 Å². The third kappa shape index (κ3) is 1.69. The highest BCUT2D eigenvalue weighted by Crippen LogP contribution is 2.28. The van der Waals surface area contributed by atoms with E-state index < -0.39 is 0 Å². The van der Waals surface area contributed by atoms with Crippen LogP contribution < -0.4 is 11.1 Å². The Bertz CT molecular complexity index is 183. The van der Waals surface area contributed by atoms with Gasteiger partial charge in [0.05, 0.1) is 0 Å². The molecule has 3 N–H and O–H groups in total. The van der Waals surface area contributed by atoms with Crippen LogP contribution in [-0.4, -0.2) is 37.6 Å². The van der Waals surface area contributed by atoms with Gasteiger partial charge in [-0.3, -0.25) is 0 Å². The van der Waals surface area contributed by atoms with E-state index >= 15 is 0 Å². The highest BCUT2D eigenvalue weighted by atomic mass is 16.2. The number of carbonyl (C=O) groups excluding carboxylic acids is 1. The van der Waals surface area contributed by atoms with Gasteiger partial charge in [-0.2, -0.15) is 0 Å². The summed E-state index contributed by atoms with van der Waals surface area (Å²) in [6, 6.07) is 0.00664. The zero-order chi connectivity index (χ0) is 9.19. The van der Waals surface area contributed by atoms with E-state index in [1.54, 1.807) is 7.05 Å². The van der Waals surface area contributed by atoms with Crippen LogP contribution in [0.25, 0.3) is 0 Å². The van der Waals surface area contributed by atoms with Crippen molar-refractivity contribution >= 4 is 6.03 Å². The van der Waals surface area contributed by atoms with Gasteiger partial charge in [-0.05, 0) is 18.4 Å². The average Bonchev–Trinajstić information content (AvgIpc) is 2.48. The van der Waals surface area contributed by atoms with Crippen LogP contribution in [0.4, 0.5) is 4.79 Å². The second-order valence-electron chi connectivity index (χ2n) is 3.74. The van der Waals surface area contributed by atoms with E-state index in [1.165, 1.54) is 0 Å². The first-order valence-electron chi connectivity index (χ1n) is 4.28. The quantitative estimate of drug-likeness (QED) is 0.583. The summed E-state index contributed by atoms with van der Waals surface area (Å²) in [5.41, 5.74) is 5.74. The van der Waals surface area contributed by atoms with Gasteiger partial charge in [-0.25, -0.2) is 4.79 Å². The number of hydrogen-bond donors (Lipinski definition) is 2. The van der Waals surface area contributed by atoms with Crippen molar-refractivity contribution in [2.24, 2.45) is 11.1 Å². The lowest BCUT2D eigenvalue weighted by Gasteiger charge is -2.22. The summed E-state index contributed by atoms with van der Waals surface area (Å²) in [6.45, 7) is 4.38. The first kappa shape index (κ1) is 9.32. The first-order chi connectivity index (χ1) is 5.61. The van der Waals surface area contributed by atoms with Crippen molar-refractivity contribution in [3.8, 4) is 0 Å². The summed E-state index contributed by atoms with van der Waals surface area (Å²) in [5.74, 6) is 0. The maximum Gasteiger partial charge on any atom is 0.317 e. The van der Waals surface area contributed by atoms with Crippen LogP contribution >= 0.6 is 0 Å². The van der Waals surface area contributed by atoms with Crippen LogP contribution in [0.3, 0.4) is 0 Å². The highest BCUT2D eigenvalue weighted by Gasteiger charge is 2.34. The lowest BCUT2D eigenvalue weighted by molar-refractivity contribution is 0.204. The minimum atomic E-state index is 0.00664. The fourth-order valence-corrected chi connectivity index (χ4v) is 1.52. The molecule has 1 rings (SSSR count). The molecule has 0 aromatic carbocycles. The minimum Gasteiger partial charge on any atom is -0.341 e. The van der Waals surface area contributed by atoms with Gasteiger partial charge in [-0.15, -0.1) is 0 Å².